The molecular formula is C37H44N4O4. The SMILES string of the molecule is [C-]#[N+]c1cc(C(=O)N[C@@H](Cc2ccccc2)[C@H](O)CNC2CC3(CCCC3)Oc3ccc(CC)cc32)cn(C2CCCC2)c1=O. The van der Waals surface area contributed by atoms with Gasteiger partial charge in [0.05, 0.1) is 18.7 Å². The van der Waals surface area contributed by atoms with Crippen LogP contribution in [0.4, 0.5) is 5.69 Å². The topological polar surface area (TPSA) is 96.9 Å². The first-order valence-corrected chi connectivity index (χ1v) is 16.6. The number of nitrogens with one attached hydrogen (secondary N) is 2. The molecule has 1 aromatic heterocycles. The van der Waals surface area contributed by atoms with Crippen LogP contribution in [0.2, 0.25) is 0 Å². The first-order valence-electron chi connectivity index (χ1n) is 16.6. The molecule has 3 atom stereocenters. The van der Waals surface area contributed by atoms with Gasteiger partial charge in [-0.2, -0.15) is 0 Å². The number of rotatable bonds is 10. The molecule has 3 aliphatic rings. The summed E-state index contributed by atoms with van der Waals surface area (Å²) in [5.74, 6) is 0.523. The molecule has 6 rings (SSSR count). The number of ether oxygens (including phenoxy) is 1. The van der Waals surface area contributed by atoms with Crippen molar-refractivity contribution in [2.24, 2.45) is 0 Å². The largest absolute Gasteiger partial charge is 0.487 e. The van der Waals surface area contributed by atoms with E-state index in [2.05, 4.69) is 40.6 Å². The first-order chi connectivity index (χ1) is 21.9. The normalized spacial score (nSPS) is 20.2. The molecule has 3 aromatic rings. The van der Waals surface area contributed by atoms with Gasteiger partial charge in [-0.15, -0.1) is 0 Å². The van der Waals surface area contributed by atoms with Crippen molar-refractivity contribution in [3.63, 3.8) is 0 Å². The molecule has 2 aromatic carbocycles. The van der Waals surface area contributed by atoms with Crippen molar-refractivity contribution in [2.45, 2.75) is 107 Å². The predicted octanol–water partition coefficient (Wildman–Crippen LogP) is 6.20. The third kappa shape index (κ3) is 6.85. The molecule has 0 radical (unpaired) electrons. The van der Waals surface area contributed by atoms with Crippen LogP contribution in [0.5, 0.6) is 5.75 Å². The van der Waals surface area contributed by atoms with Crippen molar-refractivity contribution >= 4 is 11.6 Å². The van der Waals surface area contributed by atoms with Crippen LogP contribution >= 0.6 is 0 Å². The van der Waals surface area contributed by atoms with Crippen LogP contribution in [0.25, 0.3) is 4.85 Å². The monoisotopic (exact) mass is 608 g/mol. The molecule has 1 aliphatic heterocycles. The van der Waals surface area contributed by atoms with Gasteiger partial charge in [0, 0.05) is 42.4 Å². The fourth-order valence-corrected chi connectivity index (χ4v) is 7.50. The van der Waals surface area contributed by atoms with E-state index < -0.39 is 18.1 Å². The standard InChI is InChI=1S/C37H44N4O4/c1-3-25-15-16-34-29(19-25)32(22-37(45-34)17-9-10-18-37)39-23-33(42)30(20-26-11-5-4-6-12-26)40-35(43)27-21-31(38-2)36(44)41(24-27)28-13-7-8-14-28/h4-6,11-12,15-16,19,21,24,28,30,32-33,39,42H,3,7-10,13-14,17-18,20,22-23H2,1H3,(H,40,43)/t30-,32?,33+/m0/s1. The number of aliphatic hydroxyl groups is 1. The van der Waals surface area contributed by atoms with Crippen molar-refractivity contribution in [1.29, 1.82) is 0 Å². The van der Waals surface area contributed by atoms with Crippen LogP contribution in [0.15, 0.2) is 65.6 Å². The molecular weight excluding hydrogens is 564 g/mol. The molecule has 236 valence electrons. The number of hydrogen-bond acceptors (Lipinski definition) is 5. The van der Waals surface area contributed by atoms with E-state index in [-0.39, 0.29) is 41.0 Å². The van der Waals surface area contributed by atoms with E-state index in [1.165, 1.54) is 11.6 Å². The van der Waals surface area contributed by atoms with E-state index in [9.17, 15) is 14.7 Å². The highest BCUT2D eigenvalue weighted by atomic mass is 16.5. The lowest BCUT2D eigenvalue weighted by Gasteiger charge is -2.41. The van der Waals surface area contributed by atoms with E-state index >= 15 is 0 Å². The van der Waals surface area contributed by atoms with Gasteiger partial charge >= 0.3 is 0 Å². The van der Waals surface area contributed by atoms with Crippen molar-refractivity contribution < 1.29 is 14.6 Å². The summed E-state index contributed by atoms with van der Waals surface area (Å²) in [6, 6.07) is 17.1. The fraction of sp³-hybridized carbons (Fsp3) is 0.486. The van der Waals surface area contributed by atoms with E-state index in [0.717, 1.165) is 81.1 Å². The van der Waals surface area contributed by atoms with Crippen molar-refractivity contribution in [3.05, 3.63) is 105 Å². The van der Waals surface area contributed by atoms with Crippen LogP contribution in [0, 0.1) is 6.57 Å². The molecule has 2 fully saturated rings. The second kappa shape index (κ2) is 13.6. The minimum Gasteiger partial charge on any atom is -0.487 e. The Morgan fingerprint density at radius 1 is 1.09 bits per heavy atom. The maximum atomic E-state index is 13.7. The number of aryl methyl sites for hydroxylation is 1. The number of pyridine rings is 1. The number of amides is 1. The van der Waals surface area contributed by atoms with Crippen LogP contribution in [0.1, 0.15) is 104 Å². The molecule has 2 heterocycles. The van der Waals surface area contributed by atoms with Crippen LogP contribution in [-0.2, 0) is 12.8 Å². The average molecular weight is 609 g/mol. The van der Waals surface area contributed by atoms with Gasteiger partial charge in [0.1, 0.15) is 11.4 Å². The van der Waals surface area contributed by atoms with Crippen LogP contribution in [-0.4, -0.2) is 39.9 Å². The lowest BCUT2D eigenvalue weighted by Crippen LogP contribution is -2.50. The Bertz CT molecular complexity index is 1600. The van der Waals surface area contributed by atoms with Gasteiger partial charge < -0.3 is 25.0 Å². The molecule has 2 aliphatic carbocycles. The molecule has 3 N–H and O–H groups in total. The summed E-state index contributed by atoms with van der Waals surface area (Å²) < 4.78 is 8.19. The minimum atomic E-state index is -0.893. The van der Waals surface area contributed by atoms with E-state index in [1.807, 2.05) is 30.3 Å². The third-order valence-electron chi connectivity index (χ3n) is 10.1. The van der Waals surface area contributed by atoms with Gasteiger partial charge in [0.15, 0.2) is 0 Å². The Hall–Kier alpha value is -3.93. The van der Waals surface area contributed by atoms with Gasteiger partial charge in [0.2, 0.25) is 0 Å². The number of aliphatic hydroxyl groups excluding tert-OH is 1. The summed E-state index contributed by atoms with van der Waals surface area (Å²) in [5, 5.41) is 18.4. The molecule has 1 spiro atoms. The summed E-state index contributed by atoms with van der Waals surface area (Å²) in [6.45, 7) is 9.99. The molecule has 8 nitrogen and oxygen atoms in total. The number of benzene rings is 2. The second-order valence-corrected chi connectivity index (χ2v) is 13.1. The quantitative estimate of drug-likeness (QED) is 0.238. The lowest BCUT2D eigenvalue weighted by atomic mass is 9.85. The maximum absolute atomic E-state index is 13.7. The van der Waals surface area contributed by atoms with Gasteiger partial charge in [-0.05, 0) is 74.6 Å². The lowest BCUT2D eigenvalue weighted by molar-refractivity contribution is 0.0326. The summed E-state index contributed by atoms with van der Waals surface area (Å²) in [4.78, 5) is 30.1. The maximum Gasteiger partial charge on any atom is 0.257 e. The Morgan fingerprint density at radius 2 is 1.84 bits per heavy atom. The molecule has 8 heteroatoms. The van der Waals surface area contributed by atoms with Gasteiger partial charge in [-0.3, -0.25) is 9.59 Å². The predicted molar refractivity (Wildman–Crippen MR) is 175 cm³/mol. The summed E-state index contributed by atoms with van der Waals surface area (Å²) in [7, 11) is 0. The van der Waals surface area contributed by atoms with Gasteiger partial charge in [0.25, 0.3) is 17.2 Å². The highest BCUT2D eigenvalue weighted by Crippen LogP contribution is 2.47. The number of hydrogen-bond donors (Lipinski definition) is 3. The van der Waals surface area contributed by atoms with Crippen LogP contribution < -0.4 is 20.9 Å². The Kier molecular flexibility index (Phi) is 9.39. The van der Waals surface area contributed by atoms with Crippen molar-refractivity contribution in [1.82, 2.24) is 15.2 Å². The highest BCUT2D eigenvalue weighted by molar-refractivity contribution is 5.95. The van der Waals surface area contributed by atoms with Crippen molar-refractivity contribution in [2.75, 3.05) is 6.54 Å². The zero-order valence-electron chi connectivity index (χ0n) is 26.1. The van der Waals surface area contributed by atoms with E-state index in [0.29, 0.717) is 6.42 Å². The summed E-state index contributed by atoms with van der Waals surface area (Å²) in [6.07, 6.45) is 11.1. The number of nitrogens with zero attached hydrogens (tertiary/aromatic N) is 2. The summed E-state index contributed by atoms with van der Waals surface area (Å²) in [5.41, 5.74) is 3.06. The van der Waals surface area contributed by atoms with Gasteiger partial charge in [-0.1, -0.05) is 62.2 Å². The highest BCUT2D eigenvalue weighted by Gasteiger charge is 2.43. The number of aromatic nitrogens is 1. The Balaban J connectivity index is 1.23. The molecule has 1 unspecified atom stereocenters. The molecule has 2 saturated carbocycles. The van der Waals surface area contributed by atoms with E-state index in [1.54, 1.807) is 10.8 Å². The fourth-order valence-electron chi connectivity index (χ4n) is 7.50. The van der Waals surface area contributed by atoms with Gasteiger partial charge in [-0.25, -0.2) is 4.85 Å². The Morgan fingerprint density at radius 3 is 2.56 bits per heavy atom. The summed E-state index contributed by atoms with van der Waals surface area (Å²) >= 11 is 0. The van der Waals surface area contributed by atoms with Crippen molar-refractivity contribution in [3.8, 4) is 5.75 Å². The van der Waals surface area contributed by atoms with E-state index in [4.69, 9.17) is 11.3 Å². The minimum absolute atomic E-state index is 0.000563. The zero-order valence-corrected chi connectivity index (χ0v) is 26.1. The first kappa shape index (κ1) is 31.1. The van der Waals surface area contributed by atoms with Crippen LogP contribution in [0.3, 0.4) is 0 Å². The molecule has 45 heavy (non-hydrogen) atoms. The second-order valence-electron chi connectivity index (χ2n) is 13.1. The smallest absolute Gasteiger partial charge is 0.257 e. The Labute approximate surface area is 265 Å². The molecule has 0 bridgehead atoms. The third-order valence-corrected chi connectivity index (χ3v) is 10.1. The average Bonchev–Trinajstić information content (AvgIpc) is 3.76. The number of carbonyl (C=O) groups is 1. The number of fused-ring (bicyclic) bond motifs is 1. The molecule has 1 amide bonds. The molecule has 0 saturated heterocycles. The zero-order chi connectivity index (χ0) is 31.4. The number of carbonyl (C=O) groups excluding carboxylic acids is 1.